The normalized spacial score (nSPS) is 44.7. The molecule has 27 atom stereocenters. The number of fused-ring (bicyclic) bond motifs is 2. The minimum absolute atomic E-state index is 0.0245. The van der Waals surface area contributed by atoms with Crippen molar-refractivity contribution in [3.05, 3.63) is 0 Å². The molecule has 458 valence electrons. The maximum absolute atomic E-state index is 14.0. The lowest BCUT2D eigenvalue weighted by atomic mass is 9.95. The lowest BCUT2D eigenvalue weighted by Crippen LogP contribution is -2.68. The van der Waals surface area contributed by atoms with Crippen molar-refractivity contribution < 1.29 is 117 Å². The van der Waals surface area contributed by atoms with E-state index >= 15 is 0 Å². The van der Waals surface area contributed by atoms with Crippen molar-refractivity contribution in [2.75, 3.05) is 0 Å². The van der Waals surface area contributed by atoms with Gasteiger partial charge < -0.3 is 102 Å². The lowest BCUT2D eigenvalue weighted by Gasteiger charge is -2.51. The largest absolute Gasteiger partial charge is 0.457 e. The van der Waals surface area contributed by atoms with Crippen LogP contribution in [0.25, 0.3) is 0 Å². The van der Waals surface area contributed by atoms with Crippen LogP contribution in [0.4, 0.5) is 0 Å². The molecule has 0 aliphatic carbocycles. The number of hydrogen-bond acceptors (Lipinski definition) is 24. The predicted molar refractivity (Wildman–Crippen MR) is 274 cm³/mol. The van der Waals surface area contributed by atoms with Crippen LogP contribution in [0.3, 0.4) is 0 Å². The van der Waals surface area contributed by atoms with Crippen molar-refractivity contribution in [3.63, 3.8) is 0 Å². The van der Waals surface area contributed by atoms with Crippen molar-refractivity contribution >= 4 is 17.9 Å². The Kier molecular flexibility index (Phi) is 25.4. The van der Waals surface area contributed by atoms with Gasteiger partial charge >= 0.3 is 17.9 Å². The van der Waals surface area contributed by atoms with Crippen LogP contribution >= 0.6 is 0 Å². The maximum atomic E-state index is 14.0. The fourth-order valence-corrected chi connectivity index (χ4v) is 10.8. The molecule has 1 unspecified atom stereocenters. The summed E-state index contributed by atoms with van der Waals surface area (Å²) in [6, 6.07) is 0. The van der Waals surface area contributed by atoms with Gasteiger partial charge in [-0.15, -0.1) is 0 Å². The third-order valence-electron chi connectivity index (χ3n) is 16.1. The van der Waals surface area contributed by atoms with Crippen LogP contribution < -0.4 is 0 Å². The molecule has 6 aliphatic rings. The summed E-state index contributed by atoms with van der Waals surface area (Å²) in [5.41, 5.74) is 0. The molecule has 6 heterocycles. The molecule has 6 fully saturated rings. The van der Waals surface area contributed by atoms with Gasteiger partial charge in [0.05, 0.1) is 48.5 Å². The highest BCUT2D eigenvalue weighted by molar-refractivity contribution is 5.72. The second-order valence-electron chi connectivity index (χ2n) is 22.9. The molecular formula is C55H94O24. The maximum Gasteiger partial charge on any atom is 0.309 e. The lowest BCUT2D eigenvalue weighted by molar-refractivity contribution is -0.399. The van der Waals surface area contributed by atoms with Crippen molar-refractivity contribution in [1.82, 2.24) is 0 Å². The monoisotopic (exact) mass is 1140 g/mol. The molecule has 0 spiro atoms. The zero-order valence-corrected chi connectivity index (χ0v) is 47.7. The van der Waals surface area contributed by atoms with Gasteiger partial charge in [0.25, 0.3) is 0 Å². The highest BCUT2D eigenvalue weighted by atomic mass is 16.8. The predicted octanol–water partition coefficient (Wildman–Crippen LogP) is 2.07. The standard InChI is InChI=1S/C55H94O24/c1-11-13-19-22-32-23-20-17-15-14-16-18-21-24-33(56)73-46-41(64)43(30(9)70-54(46)78-45-37(60)35(58)28(7)68-53(45)72-32)76-55-48(75-50(66)26(5)12-2)47(79-51-39(62)36(59)34(57)27(6)67-51)44(31(10)71-55)77-52-40(63)38(61)42(29(8)69-52)74-49(65)25(3)4/h25-32,34-48,51-55,57-64H,11-24H2,1-10H3/t26-,27-,28+,29-,30-,31-,32?,34-,35-,36+,37-,38-,39+,40+,41+,42-,43-,44-,45+,46+,47+,48+,51-,52-,53+,54-,55-/m0/s1. The first-order chi connectivity index (χ1) is 37.5. The van der Waals surface area contributed by atoms with Crippen LogP contribution in [0.2, 0.25) is 0 Å². The Labute approximate surface area is 464 Å². The van der Waals surface area contributed by atoms with Gasteiger partial charge in [-0.2, -0.15) is 0 Å². The minimum Gasteiger partial charge on any atom is -0.457 e. The molecule has 0 saturated carbocycles. The van der Waals surface area contributed by atoms with E-state index in [9.17, 15) is 55.2 Å². The zero-order chi connectivity index (χ0) is 58.0. The Bertz CT molecular complexity index is 1860. The molecule has 6 rings (SSSR count). The molecule has 0 aromatic rings. The molecule has 24 heteroatoms. The number of unbranched alkanes of at least 4 members (excludes halogenated alkanes) is 2. The number of carbonyl (C=O) groups excluding carboxylic acids is 3. The Morgan fingerprint density at radius 3 is 1.67 bits per heavy atom. The molecule has 0 radical (unpaired) electrons. The van der Waals surface area contributed by atoms with Gasteiger partial charge in [0.15, 0.2) is 49.8 Å². The van der Waals surface area contributed by atoms with E-state index in [1.165, 1.54) is 27.7 Å². The second-order valence-corrected chi connectivity index (χ2v) is 22.9. The van der Waals surface area contributed by atoms with E-state index < -0.39 is 183 Å². The summed E-state index contributed by atoms with van der Waals surface area (Å²) >= 11 is 0. The SMILES string of the molecule is CCCCCC1CCCCCCCCCC(=O)O[C@H]2[C@H](O[C@H]3[C@@H](O1)O[C@H](C)[C@H](O)[C@@H]3O)O[C@@H](C)[C@H](O[C@@H]1O[C@@H](C)[C@H](O[C@@H]3O[C@@H](C)[C@H](OC(=O)C(C)C)[C@@H](O)[C@H]3O)[C@@H](O[C@@H]3O[C@@H](C)[C@H](O)[C@@H](O)[C@H]3O)[C@H]1OC(=O)[C@@H](C)CC)[C@H]2O. The Morgan fingerprint density at radius 2 is 1.01 bits per heavy atom. The summed E-state index contributed by atoms with van der Waals surface area (Å²) in [6.45, 7) is 16.2. The van der Waals surface area contributed by atoms with E-state index in [2.05, 4.69) is 6.92 Å². The van der Waals surface area contributed by atoms with Crippen molar-refractivity contribution in [2.24, 2.45) is 11.8 Å². The van der Waals surface area contributed by atoms with Crippen LogP contribution in [0.15, 0.2) is 0 Å². The van der Waals surface area contributed by atoms with Gasteiger partial charge in [-0.05, 0) is 60.3 Å². The quantitative estimate of drug-likeness (QED) is 0.0661. The van der Waals surface area contributed by atoms with Crippen molar-refractivity contribution in [2.45, 2.75) is 319 Å². The van der Waals surface area contributed by atoms with E-state index in [1.807, 2.05) is 0 Å². The first kappa shape index (κ1) is 65.8. The molecule has 0 amide bonds. The van der Waals surface area contributed by atoms with Gasteiger partial charge in [-0.3, -0.25) is 14.4 Å². The highest BCUT2D eigenvalue weighted by Gasteiger charge is 2.58. The van der Waals surface area contributed by atoms with E-state index in [0.717, 1.165) is 64.2 Å². The topological polar surface area (TPSA) is 333 Å². The van der Waals surface area contributed by atoms with Gasteiger partial charge in [-0.1, -0.05) is 92.4 Å². The molecule has 6 saturated heterocycles. The molecule has 0 aromatic carbocycles. The van der Waals surface area contributed by atoms with E-state index in [-0.39, 0.29) is 12.5 Å². The third-order valence-corrected chi connectivity index (χ3v) is 16.1. The fraction of sp³-hybridized carbons (Fsp3) is 0.945. The average molecular weight is 1140 g/mol. The average Bonchev–Trinajstić information content (AvgIpc) is 3.56. The summed E-state index contributed by atoms with van der Waals surface area (Å²) in [5, 5.41) is 91.1. The summed E-state index contributed by atoms with van der Waals surface area (Å²) in [4.78, 5) is 40.4. The van der Waals surface area contributed by atoms with Gasteiger partial charge in [0.1, 0.15) is 73.2 Å². The summed E-state index contributed by atoms with van der Waals surface area (Å²) < 4.78 is 81.4. The smallest absolute Gasteiger partial charge is 0.309 e. The summed E-state index contributed by atoms with van der Waals surface area (Å²) in [5.74, 6) is -3.46. The number of carbonyl (C=O) groups is 3. The van der Waals surface area contributed by atoms with Crippen LogP contribution in [0, 0.1) is 11.8 Å². The number of rotatable bonds is 15. The number of aliphatic hydroxyl groups is 8. The molecule has 79 heavy (non-hydrogen) atoms. The first-order valence-corrected chi connectivity index (χ1v) is 29.1. The van der Waals surface area contributed by atoms with Crippen molar-refractivity contribution in [3.8, 4) is 0 Å². The van der Waals surface area contributed by atoms with Crippen LogP contribution in [0.5, 0.6) is 0 Å². The first-order valence-electron chi connectivity index (χ1n) is 29.1. The van der Waals surface area contributed by atoms with Crippen LogP contribution in [0.1, 0.15) is 159 Å². The molecule has 24 nitrogen and oxygen atoms in total. The van der Waals surface area contributed by atoms with Crippen LogP contribution in [-0.2, 0) is 76.0 Å². The van der Waals surface area contributed by atoms with E-state index in [0.29, 0.717) is 19.3 Å². The summed E-state index contributed by atoms with van der Waals surface area (Å²) in [7, 11) is 0. The molecule has 6 aliphatic heterocycles. The number of hydrogen-bond donors (Lipinski definition) is 8. The Balaban J connectivity index is 1.35. The molecule has 0 bridgehead atoms. The fourth-order valence-electron chi connectivity index (χ4n) is 10.8. The summed E-state index contributed by atoms with van der Waals surface area (Å²) in [6.07, 6.45) is -27.7. The third kappa shape index (κ3) is 16.7. The van der Waals surface area contributed by atoms with E-state index in [4.69, 9.17) is 61.6 Å². The number of ether oxygens (including phenoxy) is 13. The van der Waals surface area contributed by atoms with Crippen molar-refractivity contribution in [1.29, 1.82) is 0 Å². The zero-order valence-electron chi connectivity index (χ0n) is 47.7. The van der Waals surface area contributed by atoms with Gasteiger partial charge in [0, 0.05) is 6.42 Å². The van der Waals surface area contributed by atoms with E-state index in [1.54, 1.807) is 34.6 Å². The van der Waals surface area contributed by atoms with Gasteiger partial charge in [-0.25, -0.2) is 0 Å². The minimum atomic E-state index is -1.91. The number of esters is 3. The Morgan fingerprint density at radius 1 is 0.494 bits per heavy atom. The molecular weight excluding hydrogens is 1040 g/mol. The van der Waals surface area contributed by atoms with Gasteiger partial charge in [0.2, 0.25) is 0 Å². The Hall–Kier alpha value is -2.31. The molecule has 8 N–H and O–H groups in total. The number of aliphatic hydroxyl groups excluding tert-OH is 8. The molecule has 0 aromatic heterocycles. The highest BCUT2D eigenvalue weighted by Crippen LogP contribution is 2.39. The second kappa shape index (κ2) is 30.5. The van der Waals surface area contributed by atoms with Crippen LogP contribution in [-0.4, -0.2) is 218 Å².